The van der Waals surface area contributed by atoms with Crippen molar-refractivity contribution in [2.45, 2.75) is 41.0 Å². The highest BCUT2D eigenvalue weighted by molar-refractivity contribution is 7.97. The summed E-state index contributed by atoms with van der Waals surface area (Å²) < 4.78 is 8.36. The number of methoxy groups -OCH3 is 2. The molecule has 6 heteroatoms. The number of ether oxygens (including phenoxy) is 2. The van der Waals surface area contributed by atoms with Crippen LogP contribution in [0.5, 0.6) is 0 Å². The van der Waals surface area contributed by atoms with Crippen molar-refractivity contribution in [3.05, 3.63) is 0 Å². The minimum atomic E-state index is -0.245. The molecule has 0 aromatic rings. The van der Waals surface area contributed by atoms with E-state index in [1.54, 1.807) is 26.0 Å². The highest BCUT2D eigenvalue weighted by atomic mass is 32.2. The Morgan fingerprint density at radius 2 is 1.00 bits per heavy atom. The van der Waals surface area contributed by atoms with Crippen LogP contribution in [0.2, 0.25) is 0 Å². The molecule has 1 N–H and O–H groups in total. The van der Waals surface area contributed by atoms with E-state index in [0.29, 0.717) is 0 Å². The Labute approximate surface area is 137 Å². The molecule has 0 saturated heterocycles. The monoisotopic (exact) mass is 329 g/mol. The minimum Gasteiger partial charge on any atom is -0.469 e. The van der Waals surface area contributed by atoms with Crippen LogP contribution in [0.3, 0.4) is 0 Å². The van der Waals surface area contributed by atoms with Gasteiger partial charge in [-0.3, -0.25) is 4.79 Å². The van der Waals surface area contributed by atoms with Crippen LogP contribution in [0, 0.1) is 0 Å². The molecular weight excluding hydrogens is 290 g/mol. The van der Waals surface area contributed by atoms with Gasteiger partial charge < -0.3 is 19.6 Å². The van der Waals surface area contributed by atoms with Gasteiger partial charge in [-0.05, 0) is 40.5 Å². The molecule has 0 aromatic heterocycles. The number of esters is 1. The summed E-state index contributed by atoms with van der Waals surface area (Å²) >= 11 is 1.75. The van der Waals surface area contributed by atoms with E-state index in [-0.39, 0.29) is 11.8 Å². The van der Waals surface area contributed by atoms with Gasteiger partial charge in [0.15, 0.2) is 0 Å². The first-order chi connectivity index (χ1) is 9.66. The maximum absolute atomic E-state index is 9.59. The van der Waals surface area contributed by atoms with Crippen molar-refractivity contribution in [2.24, 2.45) is 0 Å². The lowest BCUT2D eigenvalue weighted by atomic mass is 10.6. The third-order valence-electron chi connectivity index (χ3n) is 0.287. The van der Waals surface area contributed by atoms with Gasteiger partial charge in [0, 0.05) is 21.1 Å². The Kier molecular flexibility index (Phi) is 107. The maximum Gasteiger partial charge on any atom is 0.302 e. The van der Waals surface area contributed by atoms with Gasteiger partial charge in [0.25, 0.3) is 0 Å². The Bertz CT molecular complexity index is 145. The Hall–Kier alpha value is -0.590. The van der Waals surface area contributed by atoms with Gasteiger partial charge in [-0.25, -0.2) is 0 Å². The van der Waals surface area contributed by atoms with E-state index in [1.165, 1.54) is 34.3 Å². The molecule has 134 valence electrons. The number of hydrogen-bond donors (Lipinski definition) is 1. The summed E-state index contributed by atoms with van der Waals surface area (Å²) in [5.74, 6) is -0.0787. The molecule has 0 amide bonds. The predicted molar refractivity (Wildman–Crippen MR) is 97.4 cm³/mol. The lowest BCUT2D eigenvalue weighted by Crippen LogP contribution is -1.89. The maximum atomic E-state index is 9.59. The fourth-order valence-electron chi connectivity index (χ4n) is 0. The first-order valence-electron chi connectivity index (χ1n) is 6.57. The van der Waals surface area contributed by atoms with Crippen LogP contribution in [0.1, 0.15) is 41.0 Å². The molecule has 0 spiro atoms. The summed E-state index contributed by atoms with van der Waals surface area (Å²) in [7, 11) is 8.35. The van der Waals surface area contributed by atoms with Gasteiger partial charge in [0.2, 0.25) is 0 Å². The molecule has 0 heterocycles. The number of hydrogen-bond acceptors (Lipinski definition) is 6. The minimum absolute atomic E-state index is 0.167. The molecule has 5 nitrogen and oxygen atoms in total. The van der Waals surface area contributed by atoms with E-state index < -0.39 is 0 Å². The Morgan fingerprint density at radius 1 is 0.952 bits per heavy atom. The van der Waals surface area contributed by atoms with Crippen LogP contribution in [-0.4, -0.2) is 59.7 Å². The van der Waals surface area contributed by atoms with E-state index in [0.717, 1.165) is 0 Å². The van der Waals surface area contributed by atoms with E-state index >= 15 is 0 Å². The first kappa shape index (κ1) is 37.0. The molecule has 0 unspecified atom stereocenters. The van der Waals surface area contributed by atoms with Crippen molar-refractivity contribution in [1.82, 2.24) is 5.32 Å². The normalized spacial score (nSPS) is 6.29. The second-order valence-electron chi connectivity index (χ2n) is 3.63. The zero-order valence-corrected chi connectivity index (χ0v) is 17.1. The smallest absolute Gasteiger partial charge is 0.302 e. The molecule has 0 radical (unpaired) electrons. The molecule has 0 atom stereocenters. The Morgan fingerprint density at radius 3 is 1.00 bits per heavy atom. The van der Waals surface area contributed by atoms with Gasteiger partial charge in [-0.1, -0.05) is 20.3 Å². The molecule has 0 aliphatic heterocycles. The zero-order valence-electron chi connectivity index (χ0n) is 16.2. The van der Waals surface area contributed by atoms with Gasteiger partial charge in [0.05, 0.1) is 7.11 Å². The average molecular weight is 330 g/mol. The van der Waals surface area contributed by atoms with Crippen molar-refractivity contribution in [3.8, 4) is 0 Å². The van der Waals surface area contributed by atoms with Gasteiger partial charge in [0.1, 0.15) is 5.78 Å². The average Bonchev–Trinajstić information content (AvgIpc) is 2.32. The van der Waals surface area contributed by atoms with E-state index in [9.17, 15) is 9.59 Å². The first-order valence-corrected chi connectivity index (χ1v) is 8.20. The van der Waals surface area contributed by atoms with Gasteiger partial charge >= 0.3 is 5.97 Å². The molecule has 21 heavy (non-hydrogen) atoms. The number of Topliss-reactive ketones (excluding diaryl/α,β-unsaturated/α-hetero) is 1. The second kappa shape index (κ2) is 60.7. The summed E-state index contributed by atoms with van der Waals surface area (Å²) in [5.41, 5.74) is 0. The van der Waals surface area contributed by atoms with E-state index in [1.807, 2.05) is 26.6 Å². The van der Waals surface area contributed by atoms with E-state index in [2.05, 4.69) is 28.6 Å². The molecule has 0 fully saturated rings. The third kappa shape index (κ3) is 2960. The highest BCUT2D eigenvalue weighted by Crippen LogP contribution is 1.70. The lowest BCUT2D eigenvalue weighted by molar-refractivity contribution is -0.137. The quantitative estimate of drug-likeness (QED) is 0.688. The lowest BCUT2D eigenvalue weighted by Gasteiger charge is -1.80. The van der Waals surface area contributed by atoms with Crippen LogP contribution in [0.25, 0.3) is 0 Å². The predicted octanol–water partition coefficient (Wildman–Crippen LogP) is 3.27. The summed E-state index contributed by atoms with van der Waals surface area (Å²) in [4.78, 5) is 19.0. The van der Waals surface area contributed by atoms with Crippen LogP contribution in [0.4, 0.5) is 0 Å². The standard InChI is InChI=1S/C3H6O2.C3H6O.C3H8.C2H7N.C2H6O.C2H6S/c1-3(4)5-2;1-3(2)4;4*1-3-2/h1-2H3;1-2H3;3H2,1-2H3;3H,1-2H3;2*1-2H3. The van der Waals surface area contributed by atoms with Crippen molar-refractivity contribution in [3.63, 3.8) is 0 Å². The number of rotatable bonds is 0. The zero-order chi connectivity index (χ0) is 18.7. The summed E-state index contributed by atoms with van der Waals surface area (Å²) in [6, 6.07) is 0. The van der Waals surface area contributed by atoms with Crippen LogP contribution >= 0.6 is 11.8 Å². The van der Waals surface area contributed by atoms with Crippen molar-refractivity contribution < 1.29 is 19.1 Å². The molecule has 0 aliphatic carbocycles. The van der Waals surface area contributed by atoms with Gasteiger partial charge in [-0.15, -0.1) is 0 Å². The van der Waals surface area contributed by atoms with Crippen molar-refractivity contribution >= 4 is 23.5 Å². The Balaban J connectivity index is -0.0000000327. The molecule has 0 aromatic carbocycles. The molecular formula is C15H39NO4S. The third-order valence-corrected chi connectivity index (χ3v) is 0.287. The SMILES string of the molecule is CC(C)=O.CCC.CNC.COC.COC(C)=O.CSC. The van der Waals surface area contributed by atoms with Crippen molar-refractivity contribution in [1.29, 1.82) is 0 Å². The topological polar surface area (TPSA) is 64.6 Å². The summed E-state index contributed by atoms with van der Waals surface area (Å²) in [6.45, 7) is 8.67. The number of thioether (sulfide) groups is 1. The van der Waals surface area contributed by atoms with Crippen LogP contribution in [-0.2, 0) is 19.1 Å². The highest BCUT2D eigenvalue weighted by Gasteiger charge is 1.75. The van der Waals surface area contributed by atoms with Crippen LogP contribution in [0.15, 0.2) is 0 Å². The summed E-state index contributed by atoms with van der Waals surface area (Å²) in [6.07, 6.45) is 5.33. The molecule has 0 saturated carbocycles. The molecule has 0 aliphatic rings. The van der Waals surface area contributed by atoms with E-state index in [4.69, 9.17) is 0 Å². The number of carbonyl (C=O) groups is 2. The number of nitrogens with one attached hydrogen (secondary N) is 1. The van der Waals surface area contributed by atoms with Gasteiger partial charge in [-0.2, -0.15) is 11.8 Å². The van der Waals surface area contributed by atoms with Crippen molar-refractivity contribution in [2.75, 3.05) is 47.9 Å². The molecule has 0 bridgehead atoms. The van der Waals surface area contributed by atoms with Crippen LogP contribution < -0.4 is 5.32 Å². The fourth-order valence-corrected chi connectivity index (χ4v) is 0. The molecule has 0 rings (SSSR count). The second-order valence-corrected chi connectivity index (χ2v) is 4.44. The fraction of sp³-hybridized carbons (Fsp3) is 0.867. The number of ketones is 1. The number of carbonyl (C=O) groups excluding carboxylic acids is 2. The summed E-state index contributed by atoms with van der Waals surface area (Å²) in [5, 5.41) is 2.75. The largest absolute Gasteiger partial charge is 0.469 e.